The van der Waals surface area contributed by atoms with Gasteiger partial charge in [0.2, 0.25) is 0 Å². The molecule has 5 aromatic rings. The fourth-order valence-electron chi connectivity index (χ4n) is 3.14. The summed E-state index contributed by atoms with van der Waals surface area (Å²) in [6.45, 7) is 0. The molecule has 0 radical (unpaired) electrons. The maximum atomic E-state index is 6.50. The molecule has 5 rings (SSSR count). The molecule has 0 saturated carbocycles. The second-order valence-electron chi connectivity index (χ2n) is 6.09. The quantitative estimate of drug-likeness (QED) is 0.374. The topological polar surface area (TPSA) is 43.6 Å². The minimum Gasteiger partial charge on any atom is -0.274 e. The Kier molecular flexibility index (Phi) is 3.81. The maximum absolute atomic E-state index is 6.50. The van der Waals surface area contributed by atoms with Crippen LogP contribution in [0.25, 0.3) is 39.4 Å². The third kappa shape index (κ3) is 2.74. The predicted octanol–water partition coefficient (Wildman–Crippen LogP) is 5.94. The van der Waals surface area contributed by atoms with Gasteiger partial charge in [0.15, 0.2) is 11.3 Å². The summed E-state index contributed by atoms with van der Waals surface area (Å²) in [6.07, 6.45) is 0. The second-order valence-corrected chi connectivity index (χ2v) is 6.94. The van der Waals surface area contributed by atoms with E-state index in [1.165, 1.54) is 0 Å². The molecule has 2 heterocycles. The van der Waals surface area contributed by atoms with Crippen LogP contribution in [0.4, 0.5) is 0 Å². The zero-order chi connectivity index (χ0) is 18.4. The molecule has 130 valence electrons. The molecule has 0 aliphatic rings. The third-order valence-electron chi connectivity index (χ3n) is 4.35. The Hall–Kier alpha value is -2.95. The maximum Gasteiger partial charge on any atom is 0.199 e. The lowest BCUT2D eigenvalue weighted by Gasteiger charge is -2.10. The van der Waals surface area contributed by atoms with E-state index in [1.807, 2.05) is 77.4 Å². The molecule has 0 unspecified atom stereocenters. The highest BCUT2D eigenvalue weighted by Gasteiger charge is 2.19. The number of fused-ring (bicyclic) bond motifs is 2. The van der Waals surface area contributed by atoms with Gasteiger partial charge in [-0.2, -0.15) is 0 Å². The Morgan fingerprint density at radius 1 is 0.704 bits per heavy atom. The molecule has 0 atom stereocenters. The van der Waals surface area contributed by atoms with Crippen molar-refractivity contribution < 1.29 is 0 Å². The number of halogens is 2. The molecule has 0 bridgehead atoms. The summed E-state index contributed by atoms with van der Waals surface area (Å²) in [5.41, 5.74) is 4.47. The Balaban J connectivity index is 1.92. The number of aromatic nitrogens is 4. The van der Waals surface area contributed by atoms with Crippen LogP contribution in [0.2, 0.25) is 10.0 Å². The van der Waals surface area contributed by atoms with Crippen molar-refractivity contribution in [3.63, 3.8) is 0 Å². The van der Waals surface area contributed by atoms with Crippen LogP contribution in [0.5, 0.6) is 0 Å². The molecule has 0 aliphatic carbocycles. The fraction of sp³-hybridized carbons (Fsp3) is 0. The first-order valence-electron chi connectivity index (χ1n) is 8.37. The summed E-state index contributed by atoms with van der Waals surface area (Å²) in [5, 5.41) is 1.24. The number of hydrogen-bond acceptors (Lipinski definition) is 3. The van der Waals surface area contributed by atoms with Gasteiger partial charge in [0.1, 0.15) is 5.82 Å². The minimum absolute atomic E-state index is 0.559. The molecule has 3 aromatic carbocycles. The van der Waals surface area contributed by atoms with Crippen LogP contribution in [-0.2, 0) is 0 Å². The van der Waals surface area contributed by atoms with E-state index < -0.39 is 0 Å². The molecular weight excluding hydrogens is 379 g/mol. The number of para-hydroxylation sites is 3. The van der Waals surface area contributed by atoms with E-state index in [2.05, 4.69) is 0 Å². The SMILES string of the molecule is Clc1cccc(-c2nc3nc4ccccc4nc3n2-c2ccccc2Cl)c1. The molecule has 6 heteroatoms. The highest BCUT2D eigenvalue weighted by atomic mass is 35.5. The summed E-state index contributed by atoms with van der Waals surface area (Å²) in [4.78, 5) is 14.3. The first-order chi connectivity index (χ1) is 13.2. The van der Waals surface area contributed by atoms with Crippen molar-refractivity contribution in [1.29, 1.82) is 0 Å². The molecule has 4 nitrogen and oxygen atoms in total. The van der Waals surface area contributed by atoms with E-state index in [1.54, 1.807) is 0 Å². The summed E-state index contributed by atoms with van der Waals surface area (Å²) in [6, 6.07) is 22.9. The first-order valence-corrected chi connectivity index (χ1v) is 9.12. The van der Waals surface area contributed by atoms with Crippen LogP contribution in [0.1, 0.15) is 0 Å². The Morgan fingerprint density at radius 3 is 2.22 bits per heavy atom. The first kappa shape index (κ1) is 16.2. The third-order valence-corrected chi connectivity index (χ3v) is 4.90. The van der Waals surface area contributed by atoms with Crippen molar-refractivity contribution in [2.45, 2.75) is 0 Å². The smallest absolute Gasteiger partial charge is 0.199 e. The van der Waals surface area contributed by atoms with E-state index in [-0.39, 0.29) is 0 Å². The van der Waals surface area contributed by atoms with Crippen molar-refractivity contribution in [3.05, 3.63) is 82.8 Å². The Labute approximate surface area is 165 Å². The van der Waals surface area contributed by atoms with E-state index in [0.29, 0.717) is 27.2 Å². The number of benzene rings is 3. The normalized spacial score (nSPS) is 11.3. The number of imidazole rings is 1. The van der Waals surface area contributed by atoms with Crippen molar-refractivity contribution in [3.8, 4) is 17.1 Å². The lowest BCUT2D eigenvalue weighted by Crippen LogP contribution is -2.00. The zero-order valence-corrected chi connectivity index (χ0v) is 15.5. The summed E-state index contributed by atoms with van der Waals surface area (Å²) in [7, 11) is 0. The molecule has 0 fully saturated rings. The van der Waals surface area contributed by atoms with Crippen LogP contribution >= 0.6 is 23.2 Å². The average Bonchev–Trinajstić information content (AvgIpc) is 3.05. The average molecular weight is 391 g/mol. The van der Waals surface area contributed by atoms with Gasteiger partial charge in [-0.05, 0) is 36.4 Å². The van der Waals surface area contributed by atoms with Gasteiger partial charge in [0.05, 0.1) is 21.7 Å². The van der Waals surface area contributed by atoms with Gasteiger partial charge in [0.25, 0.3) is 0 Å². The highest BCUT2D eigenvalue weighted by Crippen LogP contribution is 2.32. The number of rotatable bonds is 2. The van der Waals surface area contributed by atoms with Crippen molar-refractivity contribution in [2.75, 3.05) is 0 Å². The van der Waals surface area contributed by atoms with E-state index >= 15 is 0 Å². The van der Waals surface area contributed by atoms with E-state index in [4.69, 9.17) is 38.2 Å². The Bertz CT molecular complexity index is 1310. The van der Waals surface area contributed by atoms with E-state index in [0.717, 1.165) is 22.3 Å². The van der Waals surface area contributed by atoms with Crippen LogP contribution in [0, 0.1) is 0 Å². The van der Waals surface area contributed by atoms with Crippen LogP contribution in [0.3, 0.4) is 0 Å². The van der Waals surface area contributed by atoms with Gasteiger partial charge >= 0.3 is 0 Å². The lowest BCUT2D eigenvalue weighted by molar-refractivity contribution is 1.08. The molecule has 0 spiro atoms. The Morgan fingerprint density at radius 2 is 1.44 bits per heavy atom. The summed E-state index contributed by atoms with van der Waals surface area (Å²) < 4.78 is 1.93. The monoisotopic (exact) mass is 390 g/mol. The van der Waals surface area contributed by atoms with Crippen LogP contribution in [0.15, 0.2) is 72.8 Å². The number of nitrogens with zero attached hydrogens (tertiary/aromatic N) is 4. The van der Waals surface area contributed by atoms with Gasteiger partial charge in [-0.1, -0.05) is 59.6 Å². The van der Waals surface area contributed by atoms with Gasteiger partial charge in [-0.15, -0.1) is 0 Å². The molecule has 0 aliphatic heterocycles. The molecule has 0 N–H and O–H groups in total. The van der Waals surface area contributed by atoms with Gasteiger partial charge in [-0.25, -0.2) is 15.0 Å². The van der Waals surface area contributed by atoms with Gasteiger partial charge in [-0.3, -0.25) is 4.57 Å². The predicted molar refractivity (Wildman–Crippen MR) is 110 cm³/mol. The lowest BCUT2D eigenvalue weighted by atomic mass is 10.2. The highest BCUT2D eigenvalue weighted by molar-refractivity contribution is 6.32. The fourth-order valence-corrected chi connectivity index (χ4v) is 3.55. The molecule has 0 saturated heterocycles. The largest absolute Gasteiger partial charge is 0.274 e. The molecular formula is C21H12Cl2N4. The molecule has 27 heavy (non-hydrogen) atoms. The van der Waals surface area contributed by atoms with Crippen molar-refractivity contribution >= 4 is 45.5 Å². The standard InChI is InChI=1S/C21H12Cl2N4/c22-14-7-5-6-13(12-14)20-26-19-21(25-17-10-3-2-9-16(17)24-19)27(20)18-11-4-1-8-15(18)23/h1-12H. The number of hydrogen-bond donors (Lipinski definition) is 0. The zero-order valence-electron chi connectivity index (χ0n) is 14.0. The van der Waals surface area contributed by atoms with Gasteiger partial charge < -0.3 is 0 Å². The van der Waals surface area contributed by atoms with E-state index in [9.17, 15) is 0 Å². The minimum atomic E-state index is 0.559. The summed E-state index contributed by atoms with van der Waals surface area (Å²) >= 11 is 12.7. The van der Waals surface area contributed by atoms with Crippen molar-refractivity contribution in [1.82, 2.24) is 19.5 Å². The second kappa shape index (κ2) is 6.34. The van der Waals surface area contributed by atoms with Gasteiger partial charge in [0, 0.05) is 10.6 Å². The van der Waals surface area contributed by atoms with Crippen LogP contribution < -0.4 is 0 Å². The summed E-state index contributed by atoms with van der Waals surface area (Å²) in [5.74, 6) is 0.691. The molecule has 2 aromatic heterocycles. The van der Waals surface area contributed by atoms with Crippen LogP contribution in [-0.4, -0.2) is 19.5 Å². The van der Waals surface area contributed by atoms with Crippen molar-refractivity contribution in [2.24, 2.45) is 0 Å². The molecule has 0 amide bonds.